The van der Waals surface area contributed by atoms with E-state index < -0.39 is 0 Å². The van der Waals surface area contributed by atoms with Crippen molar-refractivity contribution in [3.63, 3.8) is 0 Å². The van der Waals surface area contributed by atoms with E-state index in [4.69, 9.17) is 14.2 Å². The topological polar surface area (TPSA) is 40.6 Å². The summed E-state index contributed by atoms with van der Waals surface area (Å²) in [6.07, 6.45) is 4.47. The molecule has 0 fully saturated rings. The molecule has 0 radical (unpaired) electrons. The molecule has 1 aromatic heterocycles. The molecule has 1 aliphatic heterocycles. The molecular formula is C15H13NO3S. The number of nitrogens with zero attached hydrogens (tertiary/aromatic N) is 1. The van der Waals surface area contributed by atoms with Crippen LogP contribution >= 0.6 is 11.8 Å². The van der Waals surface area contributed by atoms with E-state index >= 15 is 0 Å². The van der Waals surface area contributed by atoms with E-state index in [9.17, 15) is 0 Å². The first-order valence-corrected chi connectivity index (χ1v) is 6.99. The average Bonchev–Trinajstić information content (AvgIpc) is 3.01. The van der Waals surface area contributed by atoms with Gasteiger partial charge in [0.1, 0.15) is 23.3 Å². The lowest BCUT2D eigenvalue weighted by Gasteiger charge is -2.11. The van der Waals surface area contributed by atoms with Gasteiger partial charge in [0, 0.05) is 11.1 Å². The first kappa shape index (κ1) is 12.9. The Balaban J connectivity index is 1.54. The summed E-state index contributed by atoms with van der Waals surface area (Å²) in [5.41, 5.74) is 0. The number of hydrogen-bond donors (Lipinski definition) is 0. The zero-order valence-electron chi connectivity index (χ0n) is 10.6. The fourth-order valence-electron chi connectivity index (χ4n) is 1.65. The Labute approximate surface area is 121 Å². The number of pyridine rings is 1. The van der Waals surface area contributed by atoms with Gasteiger partial charge in [-0.3, -0.25) is 0 Å². The maximum absolute atomic E-state index is 5.58. The van der Waals surface area contributed by atoms with Crippen LogP contribution in [0.5, 0.6) is 5.75 Å². The molecule has 4 nitrogen and oxygen atoms in total. The van der Waals surface area contributed by atoms with Crippen molar-refractivity contribution in [1.82, 2.24) is 4.98 Å². The third-order valence-corrected chi connectivity index (χ3v) is 3.54. The Morgan fingerprint density at radius 2 is 1.85 bits per heavy atom. The first-order valence-electron chi connectivity index (χ1n) is 6.18. The van der Waals surface area contributed by atoms with Gasteiger partial charge in [0.2, 0.25) is 0 Å². The van der Waals surface area contributed by atoms with Crippen molar-refractivity contribution >= 4 is 11.8 Å². The van der Waals surface area contributed by atoms with Gasteiger partial charge in [0.15, 0.2) is 6.61 Å². The van der Waals surface area contributed by atoms with Crippen molar-refractivity contribution in [3.8, 4) is 5.75 Å². The molecule has 102 valence electrons. The predicted molar refractivity (Wildman–Crippen MR) is 75.4 cm³/mol. The van der Waals surface area contributed by atoms with Crippen molar-refractivity contribution in [2.24, 2.45) is 0 Å². The average molecular weight is 287 g/mol. The molecule has 0 unspecified atom stereocenters. The highest BCUT2D eigenvalue weighted by molar-refractivity contribution is 7.99. The van der Waals surface area contributed by atoms with Gasteiger partial charge in [-0.2, -0.15) is 0 Å². The van der Waals surface area contributed by atoms with Gasteiger partial charge >= 0.3 is 0 Å². The van der Waals surface area contributed by atoms with Crippen molar-refractivity contribution in [1.29, 1.82) is 0 Å². The van der Waals surface area contributed by atoms with Crippen LogP contribution < -0.4 is 4.74 Å². The third kappa shape index (κ3) is 3.45. The van der Waals surface area contributed by atoms with Gasteiger partial charge in [-0.1, -0.05) is 17.8 Å². The molecule has 0 saturated carbocycles. The molecule has 0 atom stereocenters. The summed E-state index contributed by atoms with van der Waals surface area (Å²) in [4.78, 5) is 5.39. The molecule has 2 aromatic rings. The SMILES string of the molecule is C1=COC(COc2ccc(Sc3ccccn3)cc2)O1. The van der Waals surface area contributed by atoms with Crippen LogP contribution in [-0.2, 0) is 9.47 Å². The maximum Gasteiger partial charge on any atom is 0.273 e. The number of ether oxygens (including phenoxy) is 3. The van der Waals surface area contributed by atoms with Crippen LogP contribution in [0.1, 0.15) is 0 Å². The minimum Gasteiger partial charge on any atom is -0.486 e. The van der Waals surface area contributed by atoms with E-state index in [2.05, 4.69) is 4.98 Å². The minimum absolute atomic E-state index is 0.349. The Morgan fingerprint density at radius 3 is 2.55 bits per heavy atom. The highest BCUT2D eigenvalue weighted by Crippen LogP contribution is 2.27. The largest absolute Gasteiger partial charge is 0.486 e. The smallest absolute Gasteiger partial charge is 0.273 e. The monoisotopic (exact) mass is 287 g/mol. The molecule has 0 saturated heterocycles. The van der Waals surface area contributed by atoms with E-state index in [0.717, 1.165) is 15.7 Å². The second-order valence-corrected chi connectivity index (χ2v) is 5.12. The van der Waals surface area contributed by atoms with E-state index in [1.165, 1.54) is 12.5 Å². The second kappa shape index (κ2) is 6.34. The molecule has 20 heavy (non-hydrogen) atoms. The summed E-state index contributed by atoms with van der Waals surface area (Å²) in [5.74, 6) is 0.787. The zero-order chi connectivity index (χ0) is 13.6. The summed E-state index contributed by atoms with van der Waals surface area (Å²) in [6.45, 7) is 0.361. The van der Waals surface area contributed by atoms with Gasteiger partial charge in [-0.25, -0.2) is 4.98 Å². The quantitative estimate of drug-likeness (QED) is 0.842. The molecule has 0 spiro atoms. The molecule has 0 amide bonds. The Morgan fingerprint density at radius 1 is 1.05 bits per heavy atom. The molecular weight excluding hydrogens is 274 g/mol. The van der Waals surface area contributed by atoms with Crippen LogP contribution in [0, 0.1) is 0 Å². The Hall–Kier alpha value is -2.14. The summed E-state index contributed by atoms with van der Waals surface area (Å²) in [5, 5.41) is 0.972. The summed E-state index contributed by atoms with van der Waals surface area (Å²) in [7, 11) is 0. The van der Waals surface area contributed by atoms with E-state index in [0.29, 0.717) is 6.61 Å². The van der Waals surface area contributed by atoms with Crippen molar-refractivity contribution < 1.29 is 14.2 Å². The first-order chi connectivity index (χ1) is 9.90. The molecule has 5 heteroatoms. The van der Waals surface area contributed by atoms with Crippen molar-refractivity contribution in [2.75, 3.05) is 6.61 Å². The van der Waals surface area contributed by atoms with E-state index in [1.54, 1.807) is 18.0 Å². The van der Waals surface area contributed by atoms with Gasteiger partial charge in [0.05, 0.1) is 0 Å². The van der Waals surface area contributed by atoms with Crippen LogP contribution in [-0.4, -0.2) is 17.9 Å². The van der Waals surface area contributed by atoms with Crippen LogP contribution in [0.25, 0.3) is 0 Å². The summed E-state index contributed by atoms with van der Waals surface area (Å²) in [6, 6.07) is 13.7. The van der Waals surface area contributed by atoms with Gasteiger partial charge in [-0.15, -0.1) is 0 Å². The fourth-order valence-corrected chi connectivity index (χ4v) is 2.42. The molecule has 0 N–H and O–H groups in total. The number of rotatable bonds is 5. The molecule has 2 heterocycles. The summed E-state index contributed by atoms with van der Waals surface area (Å²) >= 11 is 1.61. The number of benzene rings is 1. The third-order valence-electron chi connectivity index (χ3n) is 2.59. The molecule has 1 aliphatic rings. The maximum atomic E-state index is 5.58. The van der Waals surface area contributed by atoms with Crippen LogP contribution in [0.3, 0.4) is 0 Å². The Bertz CT molecular complexity index is 563. The molecule has 1 aromatic carbocycles. The normalized spacial score (nSPS) is 13.8. The lowest BCUT2D eigenvalue weighted by atomic mass is 10.3. The molecule has 3 rings (SSSR count). The van der Waals surface area contributed by atoms with Crippen LogP contribution in [0.15, 0.2) is 71.1 Å². The fraction of sp³-hybridized carbons (Fsp3) is 0.133. The highest BCUT2D eigenvalue weighted by Gasteiger charge is 2.12. The standard InChI is InChI=1S/C15H13NO3S/c1-2-8-16-14(3-1)20-13-6-4-12(5-7-13)19-11-15-17-9-10-18-15/h1-10,15H,11H2. The summed E-state index contributed by atoms with van der Waals surface area (Å²) < 4.78 is 15.9. The second-order valence-electron chi connectivity index (χ2n) is 4.03. The minimum atomic E-state index is -0.349. The molecule has 0 aliphatic carbocycles. The van der Waals surface area contributed by atoms with Crippen LogP contribution in [0.4, 0.5) is 0 Å². The van der Waals surface area contributed by atoms with Gasteiger partial charge in [-0.05, 0) is 36.4 Å². The van der Waals surface area contributed by atoms with Crippen LogP contribution in [0.2, 0.25) is 0 Å². The van der Waals surface area contributed by atoms with Gasteiger partial charge in [0.25, 0.3) is 6.29 Å². The number of hydrogen-bond acceptors (Lipinski definition) is 5. The van der Waals surface area contributed by atoms with E-state index in [-0.39, 0.29) is 6.29 Å². The van der Waals surface area contributed by atoms with Crippen molar-refractivity contribution in [2.45, 2.75) is 16.2 Å². The molecule has 0 bridgehead atoms. The van der Waals surface area contributed by atoms with Gasteiger partial charge < -0.3 is 14.2 Å². The highest BCUT2D eigenvalue weighted by atomic mass is 32.2. The number of aromatic nitrogens is 1. The van der Waals surface area contributed by atoms with Crippen molar-refractivity contribution in [3.05, 3.63) is 61.2 Å². The predicted octanol–water partition coefficient (Wildman–Crippen LogP) is 3.46. The lowest BCUT2D eigenvalue weighted by molar-refractivity contribution is -0.0520. The van der Waals surface area contributed by atoms with E-state index in [1.807, 2.05) is 42.5 Å². The zero-order valence-corrected chi connectivity index (χ0v) is 11.5. The Kier molecular flexibility index (Phi) is 4.08. The lowest BCUT2D eigenvalue weighted by Crippen LogP contribution is -2.18.